The van der Waals surface area contributed by atoms with Crippen molar-refractivity contribution in [3.8, 4) is 0 Å². The fourth-order valence-corrected chi connectivity index (χ4v) is 0.821. The first-order valence-electron chi connectivity index (χ1n) is 3.37. The number of nitrogen functional groups attached to an aromatic ring is 1. The second-order valence-corrected chi connectivity index (χ2v) is 2.41. The van der Waals surface area contributed by atoms with Crippen LogP contribution in [-0.4, -0.2) is 16.2 Å². The summed E-state index contributed by atoms with van der Waals surface area (Å²) in [7, 11) is 0. The Balaban J connectivity index is 2.89. The zero-order valence-corrected chi connectivity index (χ0v) is 6.27. The molecule has 12 heavy (non-hydrogen) atoms. The number of aliphatic hydroxyl groups excluding tert-OH is 1. The van der Waals surface area contributed by atoms with Crippen LogP contribution in [0.3, 0.4) is 0 Å². The molecule has 0 bridgehead atoms. The Hall–Kier alpha value is -1.55. The van der Waals surface area contributed by atoms with Crippen LogP contribution in [-0.2, 0) is 4.79 Å². The van der Waals surface area contributed by atoms with Crippen molar-refractivity contribution in [2.75, 3.05) is 5.73 Å². The Kier molecular flexibility index (Phi) is 2.30. The Morgan fingerprint density at radius 1 is 1.33 bits per heavy atom. The second-order valence-electron chi connectivity index (χ2n) is 2.41. The molecule has 0 aliphatic heterocycles. The number of hydrogen-bond donors (Lipinski definition) is 3. The number of benzene rings is 1. The molecule has 0 spiro atoms. The smallest absolute Gasteiger partial charge is 0.337 e. The Bertz CT molecular complexity index is 281. The fourth-order valence-electron chi connectivity index (χ4n) is 0.821. The zero-order chi connectivity index (χ0) is 9.14. The van der Waals surface area contributed by atoms with E-state index in [2.05, 4.69) is 0 Å². The lowest BCUT2D eigenvalue weighted by Gasteiger charge is -2.04. The van der Waals surface area contributed by atoms with Gasteiger partial charge < -0.3 is 15.9 Å². The average Bonchev–Trinajstić information content (AvgIpc) is 2.04. The lowest BCUT2D eigenvalue weighted by molar-refractivity contribution is -0.146. The Morgan fingerprint density at radius 2 is 1.83 bits per heavy atom. The van der Waals surface area contributed by atoms with Gasteiger partial charge in [0.05, 0.1) is 0 Å². The van der Waals surface area contributed by atoms with Crippen molar-refractivity contribution in [1.82, 2.24) is 0 Å². The van der Waals surface area contributed by atoms with Crippen LogP contribution in [0.5, 0.6) is 0 Å². The molecule has 0 saturated heterocycles. The molecule has 1 aromatic rings. The maximum absolute atomic E-state index is 10.3. The van der Waals surface area contributed by atoms with Crippen molar-refractivity contribution in [2.24, 2.45) is 0 Å². The van der Waals surface area contributed by atoms with Gasteiger partial charge in [-0.15, -0.1) is 0 Å². The highest BCUT2D eigenvalue weighted by Gasteiger charge is 2.14. The average molecular weight is 167 g/mol. The first-order chi connectivity index (χ1) is 5.61. The largest absolute Gasteiger partial charge is 0.479 e. The highest BCUT2D eigenvalue weighted by atomic mass is 16.4. The van der Waals surface area contributed by atoms with Crippen LogP contribution in [0, 0.1) is 0 Å². The van der Waals surface area contributed by atoms with Gasteiger partial charge in [0.15, 0.2) is 6.10 Å². The van der Waals surface area contributed by atoms with Gasteiger partial charge in [0, 0.05) is 5.69 Å². The molecular weight excluding hydrogens is 158 g/mol. The van der Waals surface area contributed by atoms with E-state index in [1.807, 2.05) is 0 Å². The van der Waals surface area contributed by atoms with Crippen LogP contribution in [0.15, 0.2) is 24.3 Å². The van der Waals surface area contributed by atoms with Crippen molar-refractivity contribution in [1.29, 1.82) is 0 Å². The van der Waals surface area contributed by atoms with E-state index in [1.165, 1.54) is 12.1 Å². The van der Waals surface area contributed by atoms with Gasteiger partial charge in [-0.1, -0.05) is 12.1 Å². The van der Waals surface area contributed by atoms with Crippen molar-refractivity contribution in [2.45, 2.75) is 6.10 Å². The molecule has 0 fully saturated rings. The minimum Gasteiger partial charge on any atom is -0.479 e. The van der Waals surface area contributed by atoms with Crippen LogP contribution < -0.4 is 5.73 Å². The maximum atomic E-state index is 10.3. The van der Waals surface area contributed by atoms with Gasteiger partial charge in [0.2, 0.25) is 0 Å². The normalized spacial score (nSPS) is 12.4. The molecule has 0 radical (unpaired) electrons. The molecule has 4 N–H and O–H groups in total. The molecule has 1 atom stereocenters. The van der Waals surface area contributed by atoms with E-state index in [-0.39, 0.29) is 0 Å². The quantitative estimate of drug-likeness (QED) is 0.556. The minimum absolute atomic E-state index is 0.330. The second kappa shape index (κ2) is 3.23. The summed E-state index contributed by atoms with van der Waals surface area (Å²) in [6.45, 7) is 0. The van der Waals surface area contributed by atoms with Crippen molar-refractivity contribution in [3.63, 3.8) is 0 Å². The van der Waals surface area contributed by atoms with Crippen molar-refractivity contribution >= 4 is 11.7 Å². The standard InChI is InChI=1S/C8H9NO3/c9-6-3-1-5(2-4-6)7(10)8(11)12/h1-4,7,10H,9H2,(H,11,12). The number of carbonyl (C=O) groups is 1. The minimum atomic E-state index is -1.47. The van der Waals surface area contributed by atoms with E-state index in [9.17, 15) is 4.79 Å². The fraction of sp³-hybridized carbons (Fsp3) is 0.125. The van der Waals surface area contributed by atoms with E-state index in [0.717, 1.165) is 0 Å². The summed E-state index contributed by atoms with van der Waals surface area (Å²) < 4.78 is 0. The number of hydrogen-bond acceptors (Lipinski definition) is 3. The van der Waals surface area contributed by atoms with Crippen LogP contribution >= 0.6 is 0 Å². The number of carboxylic acids is 1. The van der Waals surface area contributed by atoms with Gasteiger partial charge >= 0.3 is 5.97 Å². The first-order valence-corrected chi connectivity index (χ1v) is 3.37. The summed E-state index contributed by atoms with van der Waals surface area (Å²) in [5, 5.41) is 17.5. The van der Waals surface area contributed by atoms with E-state index < -0.39 is 12.1 Å². The molecule has 1 unspecified atom stereocenters. The molecule has 0 aliphatic carbocycles. The zero-order valence-electron chi connectivity index (χ0n) is 6.27. The highest BCUT2D eigenvalue weighted by Crippen LogP contribution is 2.14. The Labute approximate surface area is 69.3 Å². The molecule has 4 heteroatoms. The van der Waals surface area contributed by atoms with Gasteiger partial charge in [-0.05, 0) is 17.7 Å². The predicted octanol–water partition coefficient (Wildman–Crippen LogP) is 0.387. The van der Waals surface area contributed by atoms with Crippen LogP contribution in [0.2, 0.25) is 0 Å². The van der Waals surface area contributed by atoms with Crippen LogP contribution in [0.25, 0.3) is 0 Å². The number of aliphatic hydroxyl groups is 1. The summed E-state index contributed by atoms with van der Waals surface area (Å²) >= 11 is 0. The molecule has 1 rings (SSSR count). The molecule has 1 aromatic carbocycles. The lowest BCUT2D eigenvalue weighted by atomic mass is 10.1. The molecule has 4 nitrogen and oxygen atoms in total. The first kappa shape index (κ1) is 8.55. The number of carboxylic acid groups (broad SMARTS) is 1. The lowest BCUT2D eigenvalue weighted by Crippen LogP contribution is -2.10. The molecule has 0 aromatic heterocycles. The molecule has 0 heterocycles. The monoisotopic (exact) mass is 167 g/mol. The highest BCUT2D eigenvalue weighted by molar-refractivity contribution is 5.74. The Morgan fingerprint density at radius 3 is 2.25 bits per heavy atom. The van der Waals surface area contributed by atoms with Gasteiger partial charge in [-0.3, -0.25) is 0 Å². The van der Waals surface area contributed by atoms with Crippen molar-refractivity contribution in [3.05, 3.63) is 29.8 Å². The maximum Gasteiger partial charge on any atom is 0.337 e. The SMILES string of the molecule is Nc1ccc(C(O)C(=O)O)cc1. The third kappa shape index (κ3) is 1.73. The molecule has 64 valence electrons. The summed E-state index contributed by atoms with van der Waals surface area (Å²) in [6.07, 6.45) is -1.47. The van der Waals surface area contributed by atoms with Gasteiger partial charge in [0.25, 0.3) is 0 Å². The van der Waals surface area contributed by atoms with E-state index in [0.29, 0.717) is 11.3 Å². The summed E-state index contributed by atoms with van der Waals surface area (Å²) in [5.41, 5.74) is 6.24. The number of nitrogens with two attached hydrogens (primary N) is 1. The third-order valence-electron chi connectivity index (χ3n) is 1.49. The molecule has 0 amide bonds. The van der Waals surface area contributed by atoms with Crippen LogP contribution in [0.4, 0.5) is 5.69 Å². The predicted molar refractivity (Wildman–Crippen MR) is 43.5 cm³/mol. The van der Waals surface area contributed by atoms with Gasteiger partial charge in [-0.2, -0.15) is 0 Å². The van der Waals surface area contributed by atoms with E-state index in [4.69, 9.17) is 15.9 Å². The summed E-state index contributed by atoms with van der Waals surface area (Å²) in [4.78, 5) is 10.3. The van der Waals surface area contributed by atoms with Gasteiger partial charge in [-0.25, -0.2) is 4.79 Å². The number of rotatable bonds is 2. The van der Waals surface area contributed by atoms with Crippen LogP contribution in [0.1, 0.15) is 11.7 Å². The molecule has 0 aliphatic rings. The topological polar surface area (TPSA) is 83.5 Å². The summed E-state index contributed by atoms with van der Waals surface area (Å²) in [6, 6.07) is 6.05. The molecule has 0 saturated carbocycles. The summed E-state index contributed by atoms with van der Waals surface area (Å²) in [5.74, 6) is -1.26. The van der Waals surface area contributed by atoms with E-state index >= 15 is 0 Å². The third-order valence-corrected chi connectivity index (χ3v) is 1.49. The number of aliphatic carboxylic acids is 1. The van der Waals surface area contributed by atoms with Gasteiger partial charge in [0.1, 0.15) is 0 Å². The molecular formula is C8H9NO3. The van der Waals surface area contributed by atoms with E-state index in [1.54, 1.807) is 12.1 Å². The number of anilines is 1. The van der Waals surface area contributed by atoms with Crippen molar-refractivity contribution < 1.29 is 15.0 Å².